The molecule has 0 amide bonds. The predicted octanol–water partition coefficient (Wildman–Crippen LogP) is 12.6. The standard InChI is InChI=1S/C46H30N4O2/c1-5-13-43-39(9-1)49(40-10-2-6-14-44(40)51-43)37-21-17-31(18-22-37)33-25-35(29-47-27-33)36-26-34(28-48-30-36)32-19-23-38(24-20-32)50-41-11-3-7-15-45(41)52-46-16-8-4-12-42(46)50/h1-30H. The fourth-order valence-electron chi connectivity index (χ4n) is 7.08. The van der Waals surface area contributed by atoms with E-state index < -0.39 is 0 Å². The highest BCUT2D eigenvalue weighted by Gasteiger charge is 2.26. The maximum absolute atomic E-state index is 6.21. The Morgan fingerprint density at radius 2 is 0.596 bits per heavy atom. The molecule has 0 radical (unpaired) electrons. The molecule has 0 N–H and O–H groups in total. The minimum absolute atomic E-state index is 0.836. The first-order valence-electron chi connectivity index (χ1n) is 17.2. The number of aromatic nitrogens is 2. The molecule has 0 saturated heterocycles. The zero-order chi connectivity index (χ0) is 34.4. The number of rotatable bonds is 5. The summed E-state index contributed by atoms with van der Waals surface area (Å²) < 4.78 is 12.4. The van der Waals surface area contributed by atoms with Gasteiger partial charge >= 0.3 is 0 Å². The Labute approximate surface area is 301 Å². The molecule has 246 valence electrons. The molecule has 0 spiro atoms. The van der Waals surface area contributed by atoms with Gasteiger partial charge in [-0.05, 0) is 96.1 Å². The quantitative estimate of drug-likeness (QED) is 0.182. The largest absolute Gasteiger partial charge is 0.453 e. The smallest absolute Gasteiger partial charge is 0.151 e. The van der Waals surface area contributed by atoms with Crippen LogP contribution in [0, 0.1) is 0 Å². The summed E-state index contributed by atoms with van der Waals surface area (Å²) in [7, 11) is 0. The van der Waals surface area contributed by atoms with E-state index in [1.165, 1.54) is 0 Å². The lowest BCUT2D eigenvalue weighted by atomic mass is 9.99. The maximum Gasteiger partial charge on any atom is 0.151 e. The van der Waals surface area contributed by atoms with Crippen LogP contribution < -0.4 is 19.3 Å². The Balaban J connectivity index is 0.931. The van der Waals surface area contributed by atoms with Gasteiger partial charge in [0.25, 0.3) is 0 Å². The van der Waals surface area contributed by atoms with Crippen LogP contribution in [-0.4, -0.2) is 9.97 Å². The minimum Gasteiger partial charge on any atom is -0.453 e. The van der Waals surface area contributed by atoms with Gasteiger partial charge in [0.1, 0.15) is 0 Å². The van der Waals surface area contributed by atoms with E-state index in [2.05, 4.69) is 105 Å². The summed E-state index contributed by atoms with van der Waals surface area (Å²) in [6.07, 6.45) is 7.62. The SMILES string of the molecule is c1ccc2c(c1)Oc1ccccc1N2c1ccc(-c2cncc(-c3cncc(-c4ccc(N5c6ccccc6Oc6ccccc65)cc4)c3)c2)cc1. The van der Waals surface area contributed by atoms with E-state index in [-0.39, 0.29) is 0 Å². The van der Waals surface area contributed by atoms with Crippen molar-refractivity contribution in [2.75, 3.05) is 9.80 Å². The highest BCUT2D eigenvalue weighted by Crippen LogP contribution is 2.51. The molecule has 4 heterocycles. The van der Waals surface area contributed by atoms with Crippen LogP contribution in [-0.2, 0) is 0 Å². The van der Waals surface area contributed by atoms with Crippen LogP contribution in [0.15, 0.2) is 183 Å². The molecule has 2 aliphatic heterocycles. The molecule has 2 aliphatic rings. The monoisotopic (exact) mass is 670 g/mol. The number of hydrogen-bond acceptors (Lipinski definition) is 6. The summed E-state index contributed by atoms with van der Waals surface area (Å²) in [5.41, 5.74) is 12.4. The lowest BCUT2D eigenvalue weighted by Crippen LogP contribution is -2.15. The van der Waals surface area contributed by atoms with Crippen molar-refractivity contribution in [3.63, 3.8) is 0 Å². The minimum atomic E-state index is 0.836. The molecule has 0 atom stereocenters. The molecule has 0 saturated carbocycles. The molecule has 6 heteroatoms. The Morgan fingerprint density at radius 3 is 0.923 bits per heavy atom. The number of nitrogens with zero attached hydrogens (tertiary/aromatic N) is 4. The second-order valence-electron chi connectivity index (χ2n) is 12.8. The maximum atomic E-state index is 6.21. The average molecular weight is 671 g/mol. The van der Waals surface area contributed by atoms with E-state index in [0.29, 0.717) is 0 Å². The van der Waals surface area contributed by atoms with Crippen molar-refractivity contribution in [2.45, 2.75) is 0 Å². The lowest BCUT2D eigenvalue weighted by Gasteiger charge is -2.32. The third-order valence-corrected chi connectivity index (χ3v) is 9.59. The van der Waals surface area contributed by atoms with E-state index in [1.54, 1.807) is 0 Å². The fraction of sp³-hybridized carbons (Fsp3) is 0. The second kappa shape index (κ2) is 12.3. The first kappa shape index (κ1) is 29.7. The highest BCUT2D eigenvalue weighted by molar-refractivity contribution is 5.88. The molecule has 52 heavy (non-hydrogen) atoms. The third kappa shape index (κ3) is 5.13. The number of ether oxygens (including phenoxy) is 2. The van der Waals surface area contributed by atoms with E-state index in [1.807, 2.05) is 97.6 Å². The third-order valence-electron chi connectivity index (χ3n) is 9.59. The van der Waals surface area contributed by atoms with E-state index in [0.717, 1.165) is 90.5 Å². The van der Waals surface area contributed by atoms with Gasteiger partial charge in [0.2, 0.25) is 0 Å². The second-order valence-corrected chi connectivity index (χ2v) is 12.8. The van der Waals surface area contributed by atoms with E-state index in [4.69, 9.17) is 9.47 Å². The fourth-order valence-corrected chi connectivity index (χ4v) is 7.08. The zero-order valence-corrected chi connectivity index (χ0v) is 27.9. The number of para-hydroxylation sites is 8. The normalized spacial score (nSPS) is 12.5. The number of hydrogen-bond donors (Lipinski definition) is 0. The van der Waals surface area contributed by atoms with Gasteiger partial charge in [0, 0.05) is 58.4 Å². The molecule has 0 aliphatic carbocycles. The van der Waals surface area contributed by atoms with E-state index >= 15 is 0 Å². The van der Waals surface area contributed by atoms with Crippen LogP contribution in [0.5, 0.6) is 23.0 Å². The summed E-state index contributed by atoms with van der Waals surface area (Å²) in [5.74, 6) is 3.34. The Hall–Kier alpha value is -7.18. The lowest BCUT2D eigenvalue weighted by molar-refractivity contribution is 0.477. The molecule has 8 aromatic rings. The topological polar surface area (TPSA) is 50.7 Å². The predicted molar refractivity (Wildman–Crippen MR) is 208 cm³/mol. The Morgan fingerprint density at radius 1 is 0.308 bits per heavy atom. The van der Waals surface area contributed by atoms with Gasteiger partial charge in [-0.2, -0.15) is 0 Å². The summed E-state index contributed by atoms with van der Waals surface area (Å²) in [5, 5.41) is 0. The average Bonchev–Trinajstić information content (AvgIpc) is 3.22. The van der Waals surface area contributed by atoms with Crippen LogP contribution in [0.1, 0.15) is 0 Å². The summed E-state index contributed by atoms with van der Waals surface area (Å²) >= 11 is 0. The Bertz CT molecular complexity index is 2330. The number of anilines is 6. The van der Waals surface area contributed by atoms with Crippen LogP contribution >= 0.6 is 0 Å². The first-order valence-corrected chi connectivity index (χ1v) is 17.2. The molecule has 6 aromatic carbocycles. The molecule has 0 fully saturated rings. The summed E-state index contributed by atoms with van der Waals surface area (Å²) in [4.78, 5) is 13.8. The van der Waals surface area contributed by atoms with Crippen LogP contribution in [0.2, 0.25) is 0 Å². The van der Waals surface area contributed by atoms with Crippen molar-refractivity contribution < 1.29 is 9.47 Å². The molecule has 6 nitrogen and oxygen atoms in total. The molecule has 2 aromatic heterocycles. The van der Waals surface area contributed by atoms with Crippen LogP contribution in [0.4, 0.5) is 34.1 Å². The zero-order valence-electron chi connectivity index (χ0n) is 27.9. The van der Waals surface area contributed by atoms with Crippen molar-refractivity contribution in [1.29, 1.82) is 0 Å². The molecular weight excluding hydrogens is 641 g/mol. The molecule has 10 rings (SSSR count). The van der Waals surface area contributed by atoms with Crippen LogP contribution in [0.3, 0.4) is 0 Å². The van der Waals surface area contributed by atoms with Crippen molar-refractivity contribution in [3.05, 3.63) is 183 Å². The van der Waals surface area contributed by atoms with Crippen molar-refractivity contribution in [1.82, 2.24) is 9.97 Å². The van der Waals surface area contributed by atoms with Gasteiger partial charge in [-0.15, -0.1) is 0 Å². The van der Waals surface area contributed by atoms with Gasteiger partial charge in [-0.3, -0.25) is 9.97 Å². The van der Waals surface area contributed by atoms with Gasteiger partial charge in [0.15, 0.2) is 23.0 Å². The summed E-state index contributed by atoms with van der Waals surface area (Å²) in [6, 6.07) is 54.1. The summed E-state index contributed by atoms with van der Waals surface area (Å²) in [6.45, 7) is 0. The van der Waals surface area contributed by atoms with Gasteiger partial charge < -0.3 is 19.3 Å². The number of pyridine rings is 2. The van der Waals surface area contributed by atoms with E-state index in [9.17, 15) is 0 Å². The first-order chi connectivity index (χ1) is 25.8. The van der Waals surface area contributed by atoms with Gasteiger partial charge in [0.05, 0.1) is 22.7 Å². The Kier molecular flexibility index (Phi) is 7.03. The molecule has 0 unspecified atom stereocenters. The van der Waals surface area contributed by atoms with Crippen molar-refractivity contribution in [2.24, 2.45) is 0 Å². The van der Waals surface area contributed by atoms with Gasteiger partial charge in [-0.25, -0.2) is 0 Å². The van der Waals surface area contributed by atoms with Crippen molar-refractivity contribution in [3.8, 4) is 56.4 Å². The number of fused-ring (bicyclic) bond motifs is 4. The van der Waals surface area contributed by atoms with Crippen molar-refractivity contribution >= 4 is 34.1 Å². The molecular formula is C46H30N4O2. The van der Waals surface area contributed by atoms with Crippen LogP contribution in [0.25, 0.3) is 33.4 Å². The highest BCUT2D eigenvalue weighted by atomic mass is 16.5. The number of benzene rings is 6. The van der Waals surface area contributed by atoms with Gasteiger partial charge in [-0.1, -0.05) is 72.8 Å². The molecule has 0 bridgehead atoms.